The minimum Gasteiger partial charge on any atom is -0.481 e. The standard InChI is InChI=1S/C16H20ClNO3/c1-2-10-7-13(14(8-10)16(20)21)15(19)18-9-11-3-5-12(17)6-4-11/h3-6,10,13-14H,2,7-9H2,1H3,(H,18,19)(H,20,21)/t10?,13-,14+/m0/s1. The zero-order chi connectivity index (χ0) is 15.4. The van der Waals surface area contributed by atoms with E-state index in [2.05, 4.69) is 5.32 Å². The first-order valence-electron chi connectivity index (χ1n) is 7.26. The lowest BCUT2D eigenvalue weighted by molar-refractivity contribution is -0.146. The van der Waals surface area contributed by atoms with Gasteiger partial charge in [-0.3, -0.25) is 9.59 Å². The quantitative estimate of drug-likeness (QED) is 0.878. The van der Waals surface area contributed by atoms with Crippen molar-refractivity contribution in [3.05, 3.63) is 34.9 Å². The summed E-state index contributed by atoms with van der Waals surface area (Å²) in [4.78, 5) is 23.6. The minimum atomic E-state index is -0.863. The van der Waals surface area contributed by atoms with Crippen LogP contribution in [0.3, 0.4) is 0 Å². The van der Waals surface area contributed by atoms with E-state index in [0.717, 1.165) is 12.0 Å². The summed E-state index contributed by atoms with van der Waals surface area (Å²) in [5.74, 6) is -1.66. The van der Waals surface area contributed by atoms with Gasteiger partial charge >= 0.3 is 5.97 Å². The second kappa shape index (κ2) is 6.94. The topological polar surface area (TPSA) is 66.4 Å². The molecule has 4 nitrogen and oxygen atoms in total. The van der Waals surface area contributed by atoms with Crippen molar-refractivity contribution in [2.45, 2.75) is 32.7 Å². The predicted molar refractivity (Wildman–Crippen MR) is 80.9 cm³/mol. The largest absolute Gasteiger partial charge is 0.481 e. The van der Waals surface area contributed by atoms with Crippen LogP contribution < -0.4 is 5.32 Å². The monoisotopic (exact) mass is 309 g/mol. The number of halogens is 1. The molecule has 0 heterocycles. The van der Waals surface area contributed by atoms with Crippen LogP contribution in [0.4, 0.5) is 0 Å². The van der Waals surface area contributed by atoms with Gasteiger partial charge in [-0.25, -0.2) is 0 Å². The number of nitrogens with one attached hydrogen (secondary N) is 1. The lowest BCUT2D eigenvalue weighted by Crippen LogP contribution is -2.34. The number of aliphatic carboxylic acids is 1. The summed E-state index contributed by atoms with van der Waals surface area (Å²) >= 11 is 5.81. The zero-order valence-corrected chi connectivity index (χ0v) is 12.8. The van der Waals surface area contributed by atoms with Crippen molar-refractivity contribution >= 4 is 23.5 Å². The van der Waals surface area contributed by atoms with Gasteiger partial charge in [-0.1, -0.05) is 37.1 Å². The highest BCUT2D eigenvalue weighted by Gasteiger charge is 2.41. The number of hydrogen-bond donors (Lipinski definition) is 2. The van der Waals surface area contributed by atoms with E-state index in [1.807, 2.05) is 19.1 Å². The van der Waals surface area contributed by atoms with Crippen molar-refractivity contribution in [3.8, 4) is 0 Å². The molecule has 1 amide bonds. The molecule has 114 valence electrons. The summed E-state index contributed by atoms with van der Waals surface area (Å²) in [6, 6.07) is 7.24. The molecule has 2 N–H and O–H groups in total. The van der Waals surface area contributed by atoms with Crippen molar-refractivity contribution in [1.29, 1.82) is 0 Å². The summed E-state index contributed by atoms with van der Waals surface area (Å²) in [7, 11) is 0. The Hall–Kier alpha value is -1.55. The molecule has 1 aromatic carbocycles. The minimum absolute atomic E-state index is 0.159. The SMILES string of the molecule is CCC1C[C@H](C(=O)NCc2ccc(Cl)cc2)[C@H](C(=O)O)C1. The number of carboxylic acids is 1. The Kier molecular flexibility index (Phi) is 5.23. The maximum atomic E-state index is 12.3. The fourth-order valence-electron chi connectivity index (χ4n) is 2.96. The van der Waals surface area contributed by atoms with Crippen LogP contribution in [0.15, 0.2) is 24.3 Å². The van der Waals surface area contributed by atoms with Crippen LogP contribution in [-0.4, -0.2) is 17.0 Å². The normalized spacial score (nSPS) is 24.8. The molecule has 1 aliphatic carbocycles. The predicted octanol–water partition coefficient (Wildman–Crippen LogP) is 3.09. The lowest BCUT2D eigenvalue weighted by Gasteiger charge is -2.15. The third kappa shape index (κ3) is 3.97. The molecular weight excluding hydrogens is 290 g/mol. The summed E-state index contributed by atoms with van der Waals surface area (Å²) in [6.07, 6.45) is 2.19. The molecule has 2 rings (SSSR count). The molecule has 0 aromatic heterocycles. The van der Waals surface area contributed by atoms with Crippen LogP contribution in [0.5, 0.6) is 0 Å². The van der Waals surface area contributed by atoms with E-state index in [0.29, 0.717) is 30.3 Å². The van der Waals surface area contributed by atoms with Gasteiger partial charge in [0.1, 0.15) is 0 Å². The molecule has 0 radical (unpaired) electrons. The molecule has 0 aliphatic heterocycles. The van der Waals surface area contributed by atoms with Gasteiger partial charge in [-0.2, -0.15) is 0 Å². The maximum absolute atomic E-state index is 12.3. The Bertz CT molecular complexity index is 515. The molecule has 1 fully saturated rings. The molecule has 0 saturated heterocycles. The smallest absolute Gasteiger partial charge is 0.307 e. The molecule has 1 unspecified atom stereocenters. The van der Waals surface area contributed by atoms with E-state index >= 15 is 0 Å². The van der Waals surface area contributed by atoms with Crippen LogP contribution in [-0.2, 0) is 16.1 Å². The molecule has 5 heteroatoms. The third-order valence-corrected chi connectivity index (χ3v) is 4.52. The number of carbonyl (C=O) groups is 2. The van der Waals surface area contributed by atoms with Crippen molar-refractivity contribution in [2.75, 3.05) is 0 Å². The average Bonchev–Trinajstić information content (AvgIpc) is 2.91. The second-order valence-corrected chi connectivity index (χ2v) is 6.08. The summed E-state index contributed by atoms with van der Waals surface area (Å²) in [6.45, 7) is 2.44. The van der Waals surface area contributed by atoms with Gasteiger partial charge in [0.05, 0.1) is 11.8 Å². The Labute approximate surface area is 129 Å². The number of carbonyl (C=O) groups excluding carboxylic acids is 1. The number of amides is 1. The van der Waals surface area contributed by atoms with E-state index < -0.39 is 17.8 Å². The van der Waals surface area contributed by atoms with Gasteiger partial charge in [0.25, 0.3) is 0 Å². The summed E-state index contributed by atoms with van der Waals surface area (Å²) in [5.41, 5.74) is 0.949. The highest BCUT2D eigenvalue weighted by Crippen LogP contribution is 2.38. The number of hydrogen-bond acceptors (Lipinski definition) is 2. The van der Waals surface area contributed by atoms with Gasteiger partial charge < -0.3 is 10.4 Å². The Morgan fingerprint density at radius 2 is 1.86 bits per heavy atom. The van der Waals surface area contributed by atoms with Gasteiger partial charge in [0.15, 0.2) is 0 Å². The van der Waals surface area contributed by atoms with E-state index in [1.54, 1.807) is 12.1 Å². The van der Waals surface area contributed by atoms with Gasteiger partial charge in [-0.15, -0.1) is 0 Å². The Balaban J connectivity index is 1.95. The van der Waals surface area contributed by atoms with Gasteiger partial charge in [0.2, 0.25) is 5.91 Å². The van der Waals surface area contributed by atoms with Gasteiger partial charge in [-0.05, 0) is 36.5 Å². The molecular formula is C16H20ClNO3. The van der Waals surface area contributed by atoms with Crippen molar-refractivity contribution in [2.24, 2.45) is 17.8 Å². The zero-order valence-electron chi connectivity index (χ0n) is 12.0. The van der Waals surface area contributed by atoms with Crippen LogP contribution in [0.25, 0.3) is 0 Å². The highest BCUT2D eigenvalue weighted by atomic mass is 35.5. The first-order chi connectivity index (χ1) is 10.0. The number of benzene rings is 1. The Morgan fingerprint density at radius 3 is 2.43 bits per heavy atom. The third-order valence-electron chi connectivity index (χ3n) is 4.27. The van der Waals surface area contributed by atoms with E-state index in [9.17, 15) is 14.7 Å². The molecule has 3 atom stereocenters. The fourth-order valence-corrected chi connectivity index (χ4v) is 3.09. The van der Waals surface area contributed by atoms with Crippen molar-refractivity contribution in [1.82, 2.24) is 5.32 Å². The highest BCUT2D eigenvalue weighted by molar-refractivity contribution is 6.30. The van der Waals surface area contributed by atoms with E-state index in [1.165, 1.54) is 0 Å². The van der Waals surface area contributed by atoms with Crippen LogP contribution in [0, 0.1) is 17.8 Å². The Morgan fingerprint density at radius 1 is 1.24 bits per heavy atom. The molecule has 1 saturated carbocycles. The maximum Gasteiger partial charge on any atom is 0.307 e. The van der Waals surface area contributed by atoms with Crippen molar-refractivity contribution < 1.29 is 14.7 Å². The van der Waals surface area contributed by atoms with Crippen LogP contribution in [0.1, 0.15) is 31.7 Å². The van der Waals surface area contributed by atoms with E-state index in [4.69, 9.17) is 11.6 Å². The second-order valence-electron chi connectivity index (χ2n) is 5.64. The molecule has 0 bridgehead atoms. The molecule has 1 aliphatic rings. The molecule has 21 heavy (non-hydrogen) atoms. The first kappa shape index (κ1) is 15.8. The molecule has 1 aromatic rings. The summed E-state index contributed by atoms with van der Waals surface area (Å²) in [5, 5.41) is 12.8. The fraction of sp³-hybridized carbons (Fsp3) is 0.500. The number of rotatable bonds is 5. The lowest BCUT2D eigenvalue weighted by atomic mass is 9.95. The molecule has 0 spiro atoms. The average molecular weight is 310 g/mol. The van der Waals surface area contributed by atoms with Gasteiger partial charge in [0, 0.05) is 11.6 Å². The van der Waals surface area contributed by atoms with Crippen molar-refractivity contribution in [3.63, 3.8) is 0 Å². The van der Waals surface area contributed by atoms with Crippen LogP contribution in [0.2, 0.25) is 5.02 Å². The first-order valence-corrected chi connectivity index (χ1v) is 7.64. The number of carboxylic acid groups (broad SMARTS) is 1. The van der Waals surface area contributed by atoms with E-state index in [-0.39, 0.29) is 5.91 Å². The summed E-state index contributed by atoms with van der Waals surface area (Å²) < 4.78 is 0. The van der Waals surface area contributed by atoms with Crippen LogP contribution >= 0.6 is 11.6 Å².